The zero-order valence-electron chi connectivity index (χ0n) is 14.3. The molecule has 0 saturated carbocycles. The molecule has 5 heteroatoms. The molecule has 0 fully saturated rings. The first-order valence-corrected chi connectivity index (χ1v) is 8.59. The molecule has 3 aromatic rings. The largest absolute Gasteiger partial charge is 0.359 e. The first-order chi connectivity index (χ1) is 12.3. The Bertz CT molecular complexity index is 849. The summed E-state index contributed by atoms with van der Waals surface area (Å²) < 4.78 is 0. The number of likely N-dealkylation sites (N-methyl/N-ethyl adjacent to an activating group) is 1. The third kappa shape index (κ3) is 3.31. The average Bonchev–Trinajstić information content (AvgIpc) is 3.11. The summed E-state index contributed by atoms with van der Waals surface area (Å²) in [5.74, 6) is 1.91. The van der Waals surface area contributed by atoms with Crippen LogP contribution in [0.4, 0.5) is 17.3 Å². The fourth-order valence-corrected chi connectivity index (χ4v) is 3.23. The molecule has 1 aromatic carbocycles. The number of rotatable bonds is 5. The summed E-state index contributed by atoms with van der Waals surface area (Å²) in [6, 6.07) is 14.7. The van der Waals surface area contributed by atoms with Crippen LogP contribution in [0.2, 0.25) is 0 Å². The summed E-state index contributed by atoms with van der Waals surface area (Å²) in [6.45, 7) is 1.87. The highest BCUT2D eigenvalue weighted by Crippen LogP contribution is 2.33. The Hall–Kier alpha value is -2.95. The number of hydrogen-bond donors (Lipinski definition) is 0. The van der Waals surface area contributed by atoms with Gasteiger partial charge in [0, 0.05) is 44.3 Å². The van der Waals surface area contributed by atoms with Gasteiger partial charge in [0.15, 0.2) is 0 Å². The van der Waals surface area contributed by atoms with Gasteiger partial charge in [-0.1, -0.05) is 18.2 Å². The molecule has 126 valence electrons. The molecule has 0 amide bonds. The van der Waals surface area contributed by atoms with Crippen molar-refractivity contribution in [2.75, 3.05) is 29.9 Å². The minimum Gasteiger partial charge on any atom is -0.359 e. The number of anilines is 3. The Morgan fingerprint density at radius 3 is 2.80 bits per heavy atom. The number of para-hydroxylation sites is 1. The lowest BCUT2D eigenvalue weighted by Gasteiger charge is -2.22. The molecule has 0 aliphatic carbocycles. The van der Waals surface area contributed by atoms with Gasteiger partial charge in [0.2, 0.25) is 0 Å². The first-order valence-electron chi connectivity index (χ1n) is 8.59. The number of pyridine rings is 1. The summed E-state index contributed by atoms with van der Waals surface area (Å²) in [5, 5.41) is 0. The lowest BCUT2D eigenvalue weighted by molar-refractivity contribution is 0.851. The zero-order valence-corrected chi connectivity index (χ0v) is 14.3. The highest BCUT2D eigenvalue weighted by atomic mass is 15.2. The van der Waals surface area contributed by atoms with Crippen molar-refractivity contribution in [2.45, 2.75) is 12.8 Å². The fraction of sp³-hybridized carbons (Fsp3) is 0.250. The number of nitrogens with zero attached hydrogens (tertiary/aromatic N) is 5. The van der Waals surface area contributed by atoms with Gasteiger partial charge < -0.3 is 9.80 Å². The molecule has 0 bridgehead atoms. The van der Waals surface area contributed by atoms with Crippen molar-refractivity contribution >= 4 is 17.3 Å². The van der Waals surface area contributed by atoms with Crippen LogP contribution < -0.4 is 9.80 Å². The Morgan fingerprint density at radius 2 is 1.92 bits per heavy atom. The van der Waals surface area contributed by atoms with Gasteiger partial charge in [0.1, 0.15) is 18.0 Å². The summed E-state index contributed by atoms with van der Waals surface area (Å²) >= 11 is 0. The molecule has 5 nitrogen and oxygen atoms in total. The first kappa shape index (κ1) is 15.6. The molecule has 1 aliphatic rings. The molecule has 0 radical (unpaired) electrons. The third-order valence-electron chi connectivity index (χ3n) is 4.68. The molecular formula is C20H21N5. The maximum atomic E-state index is 4.50. The van der Waals surface area contributed by atoms with Gasteiger partial charge in [-0.05, 0) is 42.2 Å². The van der Waals surface area contributed by atoms with Gasteiger partial charge in [0.25, 0.3) is 0 Å². The topological polar surface area (TPSA) is 45.2 Å². The Balaban J connectivity index is 1.50. The molecule has 0 atom stereocenters. The summed E-state index contributed by atoms with van der Waals surface area (Å²) in [6.07, 6.45) is 7.36. The third-order valence-corrected chi connectivity index (χ3v) is 4.68. The number of benzene rings is 1. The van der Waals surface area contributed by atoms with E-state index < -0.39 is 0 Å². The highest BCUT2D eigenvalue weighted by molar-refractivity contribution is 5.68. The van der Waals surface area contributed by atoms with Crippen LogP contribution in [0.15, 0.2) is 61.2 Å². The predicted molar refractivity (Wildman–Crippen MR) is 100 cm³/mol. The van der Waals surface area contributed by atoms with Gasteiger partial charge in [-0.15, -0.1) is 0 Å². The normalized spacial score (nSPS) is 12.9. The molecule has 4 rings (SSSR count). The zero-order chi connectivity index (χ0) is 17.1. The number of aromatic nitrogens is 3. The monoisotopic (exact) mass is 331 g/mol. The minimum atomic E-state index is 0.900. The van der Waals surface area contributed by atoms with Crippen molar-refractivity contribution in [1.82, 2.24) is 15.0 Å². The summed E-state index contributed by atoms with van der Waals surface area (Å²) in [5.41, 5.74) is 3.92. The molecule has 1 aliphatic heterocycles. The molecule has 3 heterocycles. The van der Waals surface area contributed by atoms with Crippen LogP contribution in [-0.2, 0) is 12.8 Å². The van der Waals surface area contributed by atoms with Crippen LogP contribution in [0, 0.1) is 0 Å². The minimum absolute atomic E-state index is 0.900. The molecule has 2 aromatic heterocycles. The second-order valence-corrected chi connectivity index (χ2v) is 6.29. The standard InChI is InChI=1S/C20H21N5/c1-24(12-8-16-6-10-21-11-7-16)19-14-20(23-15-22-19)25-13-9-17-4-2-3-5-18(17)25/h2-7,10-11,14-15H,8-9,12-13H2,1H3. The molecule has 0 spiro atoms. The average molecular weight is 331 g/mol. The van der Waals surface area contributed by atoms with Crippen molar-refractivity contribution < 1.29 is 0 Å². The van der Waals surface area contributed by atoms with E-state index in [9.17, 15) is 0 Å². The van der Waals surface area contributed by atoms with E-state index >= 15 is 0 Å². The van der Waals surface area contributed by atoms with Gasteiger partial charge >= 0.3 is 0 Å². The summed E-state index contributed by atoms with van der Waals surface area (Å²) in [4.78, 5) is 17.5. The van der Waals surface area contributed by atoms with Crippen molar-refractivity contribution in [3.63, 3.8) is 0 Å². The van der Waals surface area contributed by atoms with Gasteiger partial charge in [-0.3, -0.25) is 4.98 Å². The quantitative estimate of drug-likeness (QED) is 0.718. The molecule has 0 saturated heterocycles. The van der Waals surface area contributed by atoms with E-state index in [0.29, 0.717) is 0 Å². The Labute approximate surface area is 148 Å². The van der Waals surface area contributed by atoms with E-state index in [1.807, 2.05) is 12.4 Å². The van der Waals surface area contributed by atoms with E-state index in [0.717, 1.165) is 37.6 Å². The highest BCUT2D eigenvalue weighted by Gasteiger charge is 2.21. The maximum Gasteiger partial charge on any atom is 0.138 e. The SMILES string of the molecule is CN(CCc1ccncc1)c1cc(N2CCc3ccccc32)ncn1. The number of hydrogen-bond acceptors (Lipinski definition) is 5. The van der Waals surface area contributed by atoms with E-state index in [4.69, 9.17) is 0 Å². The van der Waals surface area contributed by atoms with Crippen LogP contribution in [0.1, 0.15) is 11.1 Å². The van der Waals surface area contributed by atoms with Crippen molar-refractivity contribution in [3.8, 4) is 0 Å². The predicted octanol–water partition coefficient (Wildman–Crippen LogP) is 3.24. The Morgan fingerprint density at radius 1 is 1.08 bits per heavy atom. The van der Waals surface area contributed by atoms with Gasteiger partial charge in [-0.2, -0.15) is 0 Å². The van der Waals surface area contributed by atoms with Crippen molar-refractivity contribution in [1.29, 1.82) is 0 Å². The lowest BCUT2D eigenvalue weighted by Crippen LogP contribution is -2.22. The van der Waals surface area contributed by atoms with Crippen LogP contribution in [0.25, 0.3) is 0 Å². The fourth-order valence-electron chi connectivity index (χ4n) is 3.23. The van der Waals surface area contributed by atoms with E-state index in [2.05, 4.69) is 74.3 Å². The van der Waals surface area contributed by atoms with Crippen LogP contribution in [0.3, 0.4) is 0 Å². The smallest absolute Gasteiger partial charge is 0.138 e. The lowest BCUT2D eigenvalue weighted by atomic mass is 10.2. The molecule has 25 heavy (non-hydrogen) atoms. The second-order valence-electron chi connectivity index (χ2n) is 6.29. The number of fused-ring (bicyclic) bond motifs is 1. The van der Waals surface area contributed by atoms with E-state index in [-0.39, 0.29) is 0 Å². The molecule has 0 unspecified atom stereocenters. The van der Waals surface area contributed by atoms with E-state index in [1.54, 1.807) is 6.33 Å². The second kappa shape index (κ2) is 6.89. The van der Waals surface area contributed by atoms with E-state index in [1.165, 1.54) is 16.8 Å². The maximum absolute atomic E-state index is 4.50. The summed E-state index contributed by atoms with van der Waals surface area (Å²) in [7, 11) is 2.07. The van der Waals surface area contributed by atoms with Crippen LogP contribution in [0.5, 0.6) is 0 Å². The van der Waals surface area contributed by atoms with Crippen molar-refractivity contribution in [3.05, 3.63) is 72.3 Å². The Kier molecular flexibility index (Phi) is 4.29. The van der Waals surface area contributed by atoms with Crippen molar-refractivity contribution in [2.24, 2.45) is 0 Å². The van der Waals surface area contributed by atoms with Crippen LogP contribution in [-0.4, -0.2) is 35.1 Å². The van der Waals surface area contributed by atoms with Gasteiger partial charge in [0.05, 0.1) is 0 Å². The van der Waals surface area contributed by atoms with Gasteiger partial charge in [-0.25, -0.2) is 9.97 Å². The molecular weight excluding hydrogens is 310 g/mol. The van der Waals surface area contributed by atoms with Crippen LogP contribution >= 0.6 is 0 Å². The molecule has 0 N–H and O–H groups in total.